The number of amides is 1. The van der Waals surface area contributed by atoms with Crippen LogP contribution in [-0.4, -0.2) is 35.0 Å². The lowest BCUT2D eigenvalue weighted by molar-refractivity contribution is -0.133. The summed E-state index contributed by atoms with van der Waals surface area (Å²) in [4.78, 5) is 13.9. The molecule has 1 saturated heterocycles. The molecule has 1 aliphatic rings. The number of likely N-dealkylation sites (tertiary alicyclic amines) is 1. The van der Waals surface area contributed by atoms with Crippen molar-refractivity contribution in [3.63, 3.8) is 0 Å². The maximum absolute atomic E-state index is 12.0. The molecular formula is C12H19N3O. The molecule has 1 aliphatic heterocycles. The molecule has 0 bridgehead atoms. The van der Waals surface area contributed by atoms with Gasteiger partial charge in [-0.25, -0.2) is 0 Å². The van der Waals surface area contributed by atoms with Gasteiger partial charge in [0.1, 0.15) is 6.54 Å². The molecule has 4 nitrogen and oxygen atoms in total. The smallest absolute Gasteiger partial charge is 0.242 e. The standard InChI is InChI=1S/C12H19N3O/c13-8-11-4-3-7-15(9-11)12(16)10-14-5-1-2-6-14/h1-2,5-6,11H,3-4,7-10,13H2. The third-order valence-corrected chi connectivity index (χ3v) is 3.19. The molecule has 1 unspecified atom stereocenters. The van der Waals surface area contributed by atoms with Crippen molar-refractivity contribution in [2.45, 2.75) is 19.4 Å². The van der Waals surface area contributed by atoms with E-state index >= 15 is 0 Å². The molecule has 16 heavy (non-hydrogen) atoms. The highest BCUT2D eigenvalue weighted by Gasteiger charge is 2.22. The summed E-state index contributed by atoms with van der Waals surface area (Å²) in [5.74, 6) is 0.691. The Labute approximate surface area is 96.0 Å². The number of aromatic nitrogens is 1. The van der Waals surface area contributed by atoms with Crippen LogP contribution in [-0.2, 0) is 11.3 Å². The zero-order valence-corrected chi connectivity index (χ0v) is 9.51. The predicted octanol–water partition coefficient (Wildman–Crippen LogP) is 0.685. The molecule has 1 fully saturated rings. The van der Waals surface area contributed by atoms with E-state index in [4.69, 9.17) is 5.73 Å². The number of piperidine rings is 1. The van der Waals surface area contributed by atoms with Gasteiger partial charge in [0.15, 0.2) is 0 Å². The van der Waals surface area contributed by atoms with E-state index in [0.717, 1.165) is 25.9 Å². The summed E-state index contributed by atoms with van der Waals surface area (Å²) in [7, 11) is 0. The van der Waals surface area contributed by atoms with Crippen LogP contribution in [0.15, 0.2) is 24.5 Å². The van der Waals surface area contributed by atoms with E-state index in [-0.39, 0.29) is 5.91 Å². The van der Waals surface area contributed by atoms with Gasteiger partial charge in [-0.3, -0.25) is 4.79 Å². The SMILES string of the molecule is NCC1CCCN(C(=O)Cn2cccc2)C1. The lowest BCUT2D eigenvalue weighted by atomic mass is 9.98. The van der Waals surface area contributed by atoms with Crippen molar-refractivity contribution in [3.05, 3.63) is 24.5 Å². The molecule has 2 rings (SSSR count). The minimum Gasteiger partial charge on any atom is -0.345 e. The molecule has 0 aliphatic carbocycles. The minimum atomic E-state index is 0.203. The molecular weight excluding hydrogens is 202 g/mol. The quantitative estimate of drug-likeness (QED) is 0.816. The van der Waals surface area contributed by atoms with E-state index in [1.807, 2.05) is 34.0 Å². The van der Waals surface area contributed by atoms with Crippen molar-refractivity contribution in [3.8, 4) is 0 Å². The summed E-state index contributed by atoms with van der Waals surface area (Å²) < 4.78 is 1.91. The summed E-state index contributed by atoms with van der Waals surface area (Å²) >= 11 is 0. The number of carbonyl (C=O) groups is 1. The normalized spacial score (nSPS) is 21.1. The van der Waals surface area contributed by atoms with Crippen molar-refractivity contribution in [2.24, 2.45) is 11.7 Å². The second-order valence-electron chi connectivity index (χ2n) is 4.44. The lowest BCUT2D eigenvalue weighted by Crippen LogP contribution is -2.43. The molecule has 1 amide bonds. The fourth-order valence-electron chi connectivity index (χ4n) is 2.22. The van der Waals surface area contributed by atoms with Crippen LogP contribution in [0.4, 0.5) is 0 Å². The highest BCUT2D eigenvalue weighted by atomic mass is 16.2. The first-order valence-electron chi connectivity index (χ1n) is 5.88. The van der Waals surface area contributed by atoms with Crippen LogP contribution in [0.5, 0.6) is 0 Å². The molecule has 0 radical (unpaired) electrons. The van der Waals surface area contributed by atoms with Crippen LogP contribution >= 0.6 is 0 Å². The van der Waals surface area contributed by atoms with Gasteiger partial charge >= 0.3 is 0 Å². The van der Waals surface area contributed by atoms with E-state index in [0.29, 0.717) is 19.0 Å². The number of rotatable bonds is 3. The summed E-state index contributed by atoms with van der Waals surface area (Å²) in [6.07, 6.45) is 6.08. The van der Waals surface area contributed by atoms with Gasteiger partial charge in [-0.1, -0.05) is 0 Å². The molecule has 88 valence electrons. The van der Waals surface area contributed by atoms with Gasteiger partial charge in [0.25, 0.3) is 0 Å². The number of nitrogens with zero attached hydrogens (tertiary/aromatic N) is 2. The van der Waals surface area contributed by atoms with Crippen LogP contribution < -0.4 is 5.73 Å². The van der Waals surface area contributed by atoms with Gasteiger partial charge in [-0.2, -0.15) is 0 Å². The maximum atomic E-state index is 12.0. The molecule has 0 spiro atoms. The fourth-order valence-corrected chi connectivity index (χ4v) is 2.22. The summed E-state index contributed by atoms with van der Waals surface area (Å²) in [6, 6.07) is 3.87. The highest BCUT2D eigenvalue weighted by Crippen LogP contribution is 2.15. The Kier molecular flexibility index (Phi) is 3.62. The molecule has 1 atom stereocenters. The van der Waals surface area contributed by atoms with Crippen LogP contribution in [0.3, 0.4) is 0 Å². The first-order valence-corrected chi connectivity index (χ1v) is 5.88. The molecule has 0 saturated carbocycles. The van der Waals surface area contributed by atoms with E-state index < -0.39 is 0 Å². The third kappa shape index (κ3) is 2.64. The highest BCUT2D eigenvalue weighted by molar-refractivity contribution is 5.76. The monoisotopic (exact) mass is 221 g/mol. The van der Waals surface area contributed by atoms with Crippen molar-refractivity contribution in [1.82, 2.24) is 9.47 Å². The second-order valence-corrected chi connectivity index (χ2v) is 4.44. The van der Waals surface area contributed by atoms with Crippen molar-refractivity contribution in [2.75, 3.05) is 19.6 Å². The molecule has 4 heteroatoms. The van der Waals surface area contributed by atoms with Gasteiger partial charge in [0.2, 0.25) is 5.91 Å². The van der Waals surface area contributed by atoms with Gasteiger partial charge < -0.3 is 15.2 Å². The second kappa shape index (κ2) is 5.16. The van der Waals surface area contributed by atoms with Gasteiger partial charge in [-0.05, 0) is 37.4 Å². The zero-order valence-electron chi connectivity index (χ0n) is 9.51. The third-order valence-electron chi connectivity index (χ3n) is 3.19. The van der Waals surface area contributed by atoms with Crippen molar-refractivity contribution < 1.29 is 4.79 Å². The Hall–Kier alpha value is -1.29. The number of hydrogen-bond acceptors (Lipinski definition) is 2. The first kappa shape index (κ1) is 11.2. The fraction of sp³-hybridized carbons (Fsp3) is 0.583. The Morgan fingerprint density at radius 3 is 2.81 bits per heavy atom. The summed E-state index contributed by atoms with van der Waals surface area (Å²) in [6.45, 7) is 2.85. The Morgan fingerprint density at radius 2 is 2.12 bits per heavy atom. The summed E-state index contributed by atoms with van der Waals surface area (Å²) in [5.41, 5.74) is 5.66. The zero-order chi connectivity index (χ0) is 11.4. The molecule has 1 aromatic rings. The van der Waals surface area contributed by atoms with Gasteiger partial charge in [0.05, 0.1) is 0 Å². The molecule has 2 N–H and O–H groups in total. The number of carbonyl (C=O) groups excluding carboxylic acids is 1. The largest absolute Gasteiger partial charge is 0.345 e. The maximum Gasteiger partial charge on any atom is 0.242 e. The van der Waals surface area contributed by atoms with Crippen LogP contribution in [0.25, 0.3) is 0 Å². The number of hydrogen-bond donors (Lipinski definition) is 1. The topological polar surface area (TPSA) is 51.3 Å². The Morgan fingerprint density at radius 1 is 1.38 bits per heavy atom. The van der Waals surface area contributed by atoms with Crippen LogP contribution in [0, 0.1) is 5.92 Å². The van der Waals surface area contributed by atoms with Crippen LogP contribution in [0.1, 0.15) is 12.8 Å². The van der Waals surface area contributed by atoms with Gasteiger partial charge in [0, 0.05) is 25.5 Å². The van der Waals surface area contributed by atoms with E-state index in [1.54, 1.807) is 0 Å². The average Bonchev–Trinajstić information content (AvgIpc) is 2.82. The molecule has 1 aromatic heterocycles. The number of nitrogens with two attached hydrogens (primary N) is 1. The predicted molar refractivity (Wildman–Crippen MR) is 62.8 cm³/mol. The van der Waals surface area contributed by atoms with E-state index in [1.165, 1.54) is 0 Å². The first-order chi connectivity index (χ1) is 7.79. The van der Waals surface area contributed by atoms with Gasteiger partial charge in [-0.15, -0.1) is 0 Å². The Balaban J connectivity index is 1.89. The Bertz CT molecular complexity index is 334. The average molecular weight is 221 g/mol. The van der Waals surface area contributed by atoms with Crippen molar-refractivity contribution >= 4 is 5.91 Å². The van der Waals surface area contributed by atoms with Crippen molar-refractivity contribution in [1.29, 1.82) is 0 Å². The minimum absolute atomic E-state index is 0.203. The summed E-state index contributed by atoms with van der Waals surface area (Å²) in [5, 5.41) is 0. The van der Waals surface area contributed by atoms with E-state index in [2.05, 4.69) is 0 Å². The lowest BCUT2D eigenvalue weighted by Gasteiger charge is -2.32. The molecule has 2 heterocycles. The van der Waals surface area contributed by atoms with Crippen LogP contribution in [0.2, 0.25) is 0 Å². The molecule has 0 aromatic carbocycles. The van der Waals surface area contributed by atoms with E-state index in [9.17, 15) is 4.79 Å².